The summed E-state index contributed by atoms with van der Waals surface area (Å²) >= 11 is 5.90. The quantitative estimate of drug-likeness (QED) is 0.653. The molecule has 2 aromatic carbocycles. The van der Waals surface area contributed by atoms with Gasteiger partial charge in [-0.2, -0.15) is 0 Å². The number of anilines is 1. The van der Waals surface area contributed by atoms with Gasteiger partial charge in [-0.25, -0.2) is 0 Å². The first-order chi connectivity index (χ1) is 9.15. The number of carbonyl (C=O) groups is 1. The van der Waals surface area contributed by atoms with Crippen LogP contribution in [0.4, 0.5) is 5.69 Å². The molecule has 0 spiro atoms. The number of benzene rings is 2. The van der Waals surface area contributed by atoms with Crippen LogP contribution in [0.1, 0.15) is 17.3 Å². The fourth-order valence-corrected chi connectivity index (χ4v) is 1.90. The van der Waals surface area contributed by atoms with Gasteiger partial charge in [-0.1, -0.05) is 48.0 Å². The maximum atomic E-state index is 12.0. The molecule has 1 N–H and O–H groups in total. The standard InChI is InChI=1S/C16H14ClNO/c1-12(18-15-9-5-8-14(17)11-15)10-16(19)13-6-3-2-4-7-13/h2-11,18H,1H3. The van der Waals surface area contributed by atoms with Crippen LogP contribution in [0.25, 0.3) is 0 Å². The summed E-state index contributed by atoms with van der Waals surface area (Å²) in [4.78, 5) is 12.0. The Kier molecular flexibility index (Phi) is 4.37. The van der Waals surface area contributed by atoms with Crippen molar-refractivity contribution in [3.8, 4) is 0 Å². The van der Waals surface area contributed by atoms with E-state index in [-0.39, 0.29) is 5.78 Å². The lowest BCUT2D eigenvalue weighted by molar-refractivity contribution is 0.104. The van der Waals surface area contributed by atoms with Crippen molar-refractivity contribution >= 4 is 23.1 Å². The van der Waals surface area contributed by atoms with Crippen LogP contribution in [0, 0.1) is 0 Å². The van der Waals surface area contributed by atoms with Crippen molar-refractivity contribution in [3.05, 3.63) is 77.0 Å². The Morgan fingerprint density at radius 2 is 1.84 bits per heavy atom. The van der Waals surface area contributed by atoms with Crippen molar-refractivity contribution in [3.63, 3.8) is 0 Å². The highest BCUT2D eigenvalue weighted by atomic mass is 35.5. The zero-order valence-electron chi connectivity index (χ0n) is 10.6. The van der Waals surface area contributed by atoms with E-state index in [0.29, 0.717) is 10.6 Å². The largest absolute Gasteiger partial charge is 0.359 e. The fourth-order valence-electron chi connectivity index (χ4n) is 1.71. The number of hydrogen-bond acceptors (Lipinski definition) is 2. The first-order valence-electron chi connectivity index (χ1n) is 5.95. The summed E-state index contributed by atoms with van der Waals surface area (Å²) in [6, 6.07) is 16.6. The summed E-state index contributed by atoms with van der Waals surface area (Å²) in [7, 11) is 0. The molecule has 19 heavy (non-hydrogen) atoms. The van der Waals surface area contributed by atoms with E-state index in [2.05, 4.69) is 5.32 Å². The van der Waals surface area contributed by atoms with Crippen molar-refractivity contribution in [1.29, 1.82) is 0 Å². The molecule has 0 atom stereocenters. The van der Waals surface area contributed by atoms with Gasteiger partial charge >= 0.3 is 0 Å². The number of rotatable bonds is 4. The number of ketones is 1. The number of nitrogens with one attached hydrogen (secondary N) is 1. The summed E-state index contributed by atoms with van der Waals surface area (Å²) in [5, 5.41) is 3.80. The predicted octanol–water partition coefficient (Wildman–Crippen LogP) is 4.54. The molecule has 0 heterocycles. The minimum Gasteiger partial charge on any atom is -0.359 e. The minimum absolute atomic E-state index is 0.0207. The lowest BCUT2D eigenvalue weighted by atomic mass is 10.1. The number of hydrogen-bond donors (Lipinski definition) is 1. The van der Waals surface area contributed by atoms with Crippen LogP contribution in [-0.2, 0) is 0 Å². The highest BCUT2D eigenvalue weighted by Crippen LogP contribution is 2.16. The minimum atomic E-state index is -0.0207. The molecule has 3 heteroatoms. The molecule has 2 aromatic rings. The maximum absolute atomic E-state index is 12.0. The molecule has 0 bridgehead atoms. The summed E-state index contributed by atoms with van der Waals surface area (Å²) in [5.41, 5.74) is 2.31. The lowest BCUT2D eigenvalue weighted by Gasteiger charge is -2.06. The van der Waals surface area contributed by atoms with Crippen molar-refractivity contribution in [2.45, 2.75) is 6.92 Å². The van der Waals surface area contributed by atoms with Crippen LogP contribution in [0.15, 0.2) is 66.4 Å². The van der Waals surface area contributed by atoms with Gasteiger partial charge in [0.1, 0.15) is 0 Å². The van der Waals surface area contributed by atoms with Gasteiger partial charge in [0.2, 0.25) is 0 Å². The van der Waals surface area contributed by atoms with E-state index in [9.17, 15) is 4.79 Å². The molecule has 0 amide bonds. The van der Waals surface area contributed by atoms with Crippen molar-refractivity contribution in [1.82, 2.24) is 0 Å². The van der Waals surface area contributed by atoms with Crippen molar-refractivity contribution in [2.75, 3.05) is 5.32 Å². The van der Waals surface area contributed by atoms with E-state index < -0.39 is 0 Å². The van der Waals surface area contributed by atoms with Crippen LogP contribution in [0.3, 0.4) is 0 Å². The van der Waals surface area contributed by atoms with Crippen LogP contribution in [-0.4, -0.2) is 5.78 Å². The second-order valence-electron chi connectivity index (χ2n) is 4.19. The van der Waals surface area contributed by atoms with Gasteiger partial charge in [-0.3, -0.25) is 4.79 Å². The molecule has 0 aliphatic rings. The number of halogens is 1. The Balaban J connectivity index is 2.09. The molecular formula is C16H14ClNO. The molecular weight excluding hydrogens is 258 g/mol. The summed E-state index contributed by atoms with van der Waals surface area (Å²) in [5.74, 6) is -0.0207. The van der Waals surface area contributed by atoms with E-state index in [4.69, 9.17) is 11.6 Å². The zero-order chi connectivity index (χ0) is 13.7. The Labute approximate surface area is 117 Å². The van der Waals surface area contributed by atoms with Gasteiger partial charge in [0.25, 0.3) is 0 Å². The molecule has 0 saturated carbocycles. The molecule has 0 aromatic heterocycles. The normalized spacial score (nSPS) is 11.2. The van der Waals surface area contributed by atoms with E-state index in [1.165, 1.54) is 0 Å². The molecule has 0 fully saturated rings. The van der Waals surface area contributed by atoms with Crippen LogP contribution >= 0.6 is 11.6 Å². The topological polar surface area (TPSA) is 29.1 Å². The Hall–Kier alpha value is -2.06. The van der Waals surface area contributed by atoms with E-state index in [1.807, 2.05) is 43.3 Å². The SMILES string of the molecule is CC(=CC(=O)c1ccccc1)Nc1cccc(Cl)c1. The Morgan fingerprint density at radius 3 is 2.53 bits per heavy atom. The molecule has 0 aliphatic carbocycles. The molecule has 96 valence electrons. The summed E-state index contributed by atoms with van der Waals surface area (Å²) in [6.45, 7) is 1.85. The Morgan fingerprint density at radius 1 is 1.11 bits per heavy atom. The highest BCUT2D eigenvalue weighted by molar-refractivity contribution is 6.30. The van der Waals surface area contributed by atoms with E-state index in [0.717, 1.165) is 11.4 Å². The average molecular weight is 272 g/mol. The fraction of sp³-hybridized carbons (Fsp3) is 0.0625. The number of allylic oxidation sites excluding steroid dienone is 2. The summed E-state index contributed by atoms with van der Waals surface area (Å²) < 4.78 is 0. The number of carbonyl (C=O) groups excluding carboxylic acids is 1. The molecule has 0 radical (unpaired) electrons. The van der Waals surface area contributed by atoms with Gasteiger partial charge < -0.3 is 5.32 Å². The van der Waals surface area contributed by atoms with Gasteiger partial charge in [-0.15, -0.1) is 0 Å². The van der Waals surface area contributed by atoms with Crippen LogP contribution < -0.4 is 5.32 Å². The average Bonchev–Trinajstić information content (AvgIpc) is 2.39. The first kappa shape index (κ1) is 13.4. The predicted molar refractivity (Wildman–Crippen MR) is 79.6 cm³/mol. The first-order valence-corrected chi connectivity index (χ1v) is 6.33. The van der Waals surface area contributed by atoms with Gasteiger partial charge in [0.15, 0.2) is 5.78 Å². The smallest absolute Gasteiger partial charge is 0.187 e. The third-order valence-corrected chi connectivity index (χ3v) is 2.81. The van der Waals surface area contributed by atoms with Crippen LogP contribution in [0.5, 0.6) is 0 Å². The maximum Gasteiger partial charge on any atom is 0.187 e. The molecule has 0 saturated heterocycles. The zero-order valence-corrected chi connectivity index (χ0v) is 11.3. The second-order valence-corrected chi connectivity index (χ2v) is 4.63. The lowest BCUT2D eigenvalue weighted by Crippen LogP contribution is -2.01. The Bertz CT molecular complexity index is 605. The van der Waals surface area contributed by atoms with Crippen molar-refractivity contribution in [2.24, 2.45) is 0 Å². The van der Waals surface area contributed by atoms with E-state index in [1.54, 1.807) is 24.3 Å². The van der Waals surface area contributed by atoms with E-state index >= 15 is 0 Å². The van der Waals surface area contributed by atoms with Gasteiger partial charge in [-0.05, 0) is 25.1 Å². The van der Waals surface area contributed by atoms with Gasteiger partial charge in [0, 0.05) is 28.0 Å². The monoisotopic (exact) mass is 271 g/mol. The highest BCUT2D eigenvalue weighted by Gasteiger charge is 2.02. The molecule has 2 rings (SSSR count). The van der Waals surface area contributed by atoms with Crippen molar-refractivity contribution < 1.29 is 4.79 Å². The summed E-state index contributed by atoms with van der Waals surface area (Å²) in [6.07, 6.45) is 1.58. The molecule has 2 nitrogen and oxygen atoms in total. The van der Waals surface area contributed by atoms with Crippen LogP contribution in [0.2, 0.25) is 5.02 Å². The van der Waals surface area contributed by atoms with Gasteiger partial charge in [0.05, 0.1) is 0 Å². The molecule has 0 unspecified atom stereocenters. The third kappa shape index (κ3) is 3.97. The molecule has 0 aliphatic heterocycles. The second kappa shape index (κ2) is 6.21. The third-order valence-electron chi connectivity index (χ3n) is 2.57.